The van der Waals surface area contributed by atoms with Crippen LogP contribution in [0.2, 0.25) is 0 Å². The highest BCUT2D eigenvalue weighted by Gasteiger charge is 2.21. The van der Waals surface area contributed by atoms with E-state index in [1.807, 2.05) is 0 Å². The smallest absolute Gasteiger partial charge is 0.0690 e. The molecular formula is C8H17N5. The minimum absolute atomic E-state index is 0.321. The van der Waals surface area contributed by atoms with Crippen LogP contribution in [0.1, 0.15) is 32.1 Å². The molecule has 0 unspecified atom stereocenters. The Kier molecular flexibility index (Phi) is 3.85. The number of hydrogen-bond acceptors (Lipinski definition) is 4. The van der Waals surface area contributed by atoms with Gasteiger partial charge in [0.2, 0.25) is 0 Å². The maximum absolute atomic E-state index is 5.66. The molecule has 2 rings (SSSR count). The van der Waals surface area contributed by atoms with E-state index in [0.29, 0.717) is 0 Å². The van der Waals surface area contributed by atoms with Crippen molar-refractivity contribution in [1.82, 2.24) is 15.4 Å². The molecule has 0 amide bonds. The van der Waals surface area contributed by atoms with E-state index in [0.717, 1.165) is 12.8 Å². The highest BCUT2D eigenvalue weighted by molar-refractivity contribution is 4.79. The van der Waals surface area contributed by atoms with Crippen molar-refractivity contribution in [2.75, 3.05) is 0 Å². The van der Waals surface area contributed by atoms with Crippen LogP contribution in [-0.2, 0) is 0 Å². The lowest BCUT2D eigenvalue weighted by atomic mass is 9.91. The molecule has 1 aromatic rings. The van der Waals surface area contributed by atoms with Crippen LogP contribution in [0, 0.1) is 0 Å². The number of nitrogens with two attached hydrogens (primary N) is 2. The second-order valence-corrected chi connectivity index (χ2v) is 3.45. The zero-order valence-corrected chi connectivity index (χ0v) is 7.74. The van der Waals surface area contributed by atoms with Gasteiger partial charge in [-0.1, -0.05) is 24.5 Å². The first-order valence-corrected chi connectivity index (χ1v) is 4.59. The molecule has 0 bridgehead atoms. The van der Waals surface area contributed by atoms with Crippen LogP contribution in [-0.4, -0.2) is 21.1 Å². The first-order valence-electron chi connectivity index (χ1n) is 4.59. The van der Waals surface area contributed by atoms with Crippen LogP contribution in [0.15, 0.2) is 12.4 Å². The maximum atomic E-state index is 5.66. The van der Waals surface area contributed by atoms with Crippen molar-refractivity contribution < 1.29 is 0 Å². The largest absolute Gasteiger partial charge is 0.313 e. The van der Waals surface area contributed by atoms with Crippen LogP contribution in [0.5, 0.6) is 0 Å². The number of nitrogens with zero attached hydrogens (tertiary/aromatic N) is 2. The Morgan fingerprint density at radius 3 is 2.08 bits per heavy atom. The first kappa shape index (κ1) is 10.1. The summed E-state index contributed by atoms with van der Waals surface area (Å²) >= 11 is 0. The molecule has 5 nitrogen and oxygen atoms in total. The maximum Gasteiger partial charge on any atom is 0.0690 e. The quantitative estimate of drug-likeness (QED) is 0.506. The summed E-state index contributed by atoms with van der Waals surface area (Å²) in [7, 11) is 0. The summed E-state index contributed by atoms with van der Waals surface area (Å²) in [5, 5.41) is 9.26. The van der Waals surface area contributed by atoms with Crippen LogP contribution < -0.4 is 11.5 Å². The molecule has 0 spiro atoms. The molecule has 0 saturated heterocycles. The summed E-state index contributed by atoms with van der Waals surface area (Å²) in [4.78, 5) is 0. The van der Waals surface area contributed by atoms with E-state index in [1.54, 1.807) is 12.4 Å². The standard InChI is InChI=1S/C6H14N2.C2H3N3/c7-6(8)4-2-1-3-5-6;1-2-4-5-3-1/h1-5,7-8H2;1-2H,(H,3,4,5). The third-order valence-corrected chi connectivity index (χ3v) is 2.12. The Morgan fingerprint density at radius 2 is 1.85 bits per heavy atom. The number of nitrogens with one attached hydrogen (secondary N) is 1. The molecule has 0 atom stereocenters. The van der Waals surface area contributed by atoms with Gasteiger partial charge < -0.3 is 11.5 Å². The zero-order chi connectivity index (χ0) is 9.57. The van der Waals surface area contributed by atoms with Gasteiger partial charge in [-0.3, -0.25) is 5.10 Å². The number of rotatable bonds is 0. The second kappa shape index (κ2) is 4.94. The van der Waals surface area contributed by atoms with Gasteiger partial charge in [-0.25, -0.2) is 0 Å². The Labute approximate surface area is 77.9 Å². The first-order chi connectivity index (χ1) is 6.21. The predicted molar refractivity (Wildman–Crippen MR) is 50.6 cm³/mol. The molecule has 5 heteroatoms. The van der Waals surface area contributed by atoms with Crippen molar-refractivity contribution in [3.05, 3.63) is 12.4 Å². The van der Waals surface area contributed by atoms with Crippen LogP contribution in [0.4, 0.5) is 0 Å². The van der Waals surface area contributed by atoms with Crippen molar-refractivity contribution in [3.63, 3.8) is 0 Å². The van der Waals surface area contributed by atoms with E-state index in [4.69, 9.17) is 11.5 Å². The summed E-state index contributed by atoms with van der Waals surface area (Å²) in [5.41, 5.74) is 11.0. The van der Waals surface area contributed by atoms with E-state index in [-0.39, 0.29) is 5.66 Å². The number of aromatic nitrogens is 3. The Bertz CT molecular complexity index is 181. The molecule has 13 heavy (non-hydrogen) atoms. The average molecular weight is 183 g/mol. The third-order valence-electron chi connectivity index (χ3n) is 2.12. The molecule has 1 aliphatic carbocycles. The fraction of sp³-hybridized carbons (Fsp3) is 0.750. The molecule has 1 aromatic heterocycles. The predicted octanol–water partition coefficient (Wildman–Crippen LogP) is 0.369. The van der Waals surface area contributed by atoms with E-state index in [9.17, 15) is 0 Å². The zero-order valence-electron chi connectivity index (χ0n) is 7.74. The minimum atomic E-state index is -0.321. The number of H-pyrrole nitrogens is 1. The van der Waals surface area contributed by atoms with Gasteiger partial charge in [-0.15, -0.1) is 5.10 Å². The Morgan fingerprint density at radius 1 is 1.15 bits per heavy atom. The monoisotopic (exact) mass is 183 g/mol. The van der Waals surface area contributed by atoms with Gasteiger partial charge in [0.1, 0.15) is 0 Å². The molecule has 5 N–H and O–H groups in total. The lowest BCUT2D eigenvalue weighted by Gasteiger charge is -2.28. The van der Waals surface area contributed by atoms with E-state index in [1.165, 1.54) is 19.3 Å². The molecule has 1 saturated carbocycles. The molecule has 1 heterocycles. The van der Waals surface area contributed by atoms with Gasteiger partial charge in [0.05, 0.1) is 11.9 Å². The summed E-state index contributed by atoms with van der Waals surface area (Å²) in [6, 6.07) is 0. The lowest BCUT2D eigenvalue weighted by Crippen LogP contribution is -2.50. The van der Waals surface area contributed by atoms with Crippen LogP contribution in [0.25, 0.3) is 0 Å². The van der Waals surface area contributed by atoms with Crippen molar-refractivity contribution in [2.24, 2.45) is 11.5 Å². The van der Waals surface area contributed by atoms with Gasteiger partial charge in [0.15, 0.2) is 0 Å². The van der Waals surface area contributed by atoms with Gasteiger partial charge in [-0.05, 0) is 12.8 Å². The molecular weight excluding hydrogens is 166 g/mol. The SMILES string of the molecule is NC1(N)CCCCC1.c1c[nH]nn1. The summed E-state index contributed by atoms with van der Waals surface area (Å²) in [6.45, 7) is 0. The van der Waals surface area contributed by atoms with Crippen molar-refractivity contribution in [3.8, 4) is 0 Å². The highest BCUT2D eigenvalue weighted by Crippen LogP contribution is 2.20. The normalized spacial score (nSPS) is 20.2. The summed E-state index contributed by atoms with van der Waals surface area (Å²) in [6.07, 6.45) is 9.00. The van der Waals surface area contributed by atoms with Crippen molar-refractivity contribution >= 4 is 0 Å². The molecule has 0 aromatic carbocycles. The molecule has 0 radical (unpaired) electrons. The molecule has 0 aliphatic heterocycles. The van der Waals surface area contributed by atoms with Crippen molar-refractivity contribution in [1.29, 1.82) is 0 Å². The van der Waals surface area contributed by atoms with Crippen molar-refractivity contribution in [2.45, 2.75) is 37.8 Å². The van der Waals surface area contributed by atoms with E-state index < -0.39 is 0 Å². The van der Waals surface area contributed by atoms with E-state index >= 15 is 0 Å². The van der Waals surface area contributed by atoms with Gasteiger partial charge in [0, 0.05) is 6.20 Å². The summed E-state index contributed by atoms with van der Waals surface area (Å²) < 4.78 is 0. The van der Waals surface area contributed by atoms with E-state index in [2.05, 4.69) is 15.4 Å². The third kappa shape index (κ3) is 4.59. The second-order valence-electron chi connectivity index (χ2n) is 3.45. The molecule has 1 fully saturated rings. The topological polar surface area (TPSA) is 93.6 Å². The highest BCUT2D eigenvalue weighted by atomic mass is 15.3. The van der Waals surface area contributed by atoms with Crippen LogP contribution >= 0.6 is 0 Å². The van der Waals surface area contributed by atoms with Gasteiger partial charge >= 0.3 is 0 Å². The molecule has 74 valence electrons. The average Bonchev–Trinajstić information content (AvgIpc) is 2.60. The fourth-order valence-electron chi connectivity index (χ4n) is 1.38. The molecule has 1 aliphatic rings. The number of hydrogen-bond donors (Lipinski definition) is 3. The Balaban J connectivity index is 0.000000145. The fourth-order valence-corrected chi connectivity index (χ4v) is 1.38. The van der Waals surface area contributed by atoms with Gasteiger partial charge in [0.25, 0.3) is 0 Å². The summed E-state index contributed by atoms with van der Waals surface area (Å²) in [5.74, 6) is 0. The van der Waals surface area contributed by atoms with Gasteiger partial charge in [-0.2, -0.15) is 0 Å². The van der Waals surface area contributed by atoms with Crippen LogP contribution in [0.3, 0.4) is 0 Å². The lowest BCUT2D eigenvalue weighted by molar-refractivity contribution is 0.306. The minimum Gasteiger partial charge on any atom is -0.313 e. The number of aromatic amines is 1. The Hall–Kier alpha value is -0.940.